The van der Waals surface area contributed by atoms with E-state index in [1.54, 1.807) is 18.2 Å². The molecule has 2 N–H and O–H groups in total. The molecule has 78 valence electrons. The van der Waals surface area contributed by atoms with Crippen molar-refractivity contribution in [1.82, 2.24) is 0 Å². The molecule has 0 saturated heterocycles. The molecule has 0 heterocycles. The summed E-state index contributed by atoms with van der Waals surface area (Å²) in [5.41, 5.74) is 6.65. The van der Waals surface area contributed by atoms with Crippen LogP contribution in [0, 0.1) is 11.8 Å². The molecule has 0 aromatic heterocycles. The van der Waals surface area contributed by atoms with Gasteiger partial charge in [0.15, 0.2) is 5.78 Å². The van der Waals surface area contributed by atoms with Crippen LogP contribution in [0.25, 0.3) is 0 Å². The first-order valence-electron chi connectivity index (χ1n) is 4.64. The van der Waals surface area contributed by atoms with Crippen LogP contribution in [0.3, 0.4) is 0 Å². The zero-order valence-electron chi connectivity index (χ0n) is 8.51. The van der Waals surface area contributed by atoms with E-state index < -0.39 is 0 Å². The van der Waals surface area contributed by atoms with E-state index in [9.17, 15) is 4.79 Å². The molecule has 1 rings (SSSR count). The topological polar surface area (TPSA) is 43.1 Å². The van der Waals surface area contributed by atoms with Crippen molar-refractivity contribution < 1.29 is 4.79 Å². The highest BCUT2D eigenvalue weighted by molar-refractivity contribution is 6.32. The number of ketones is 1. The lowest BCUT2D eigenvalue weighted by Crippen LogP contribution is -1.95. The Labute approximate surface area is 94.4 Å². The first-order valence-corrected chi connectivity index (χ1v) is 5.02. The Hall–Kier alpha value is -1.30. The van der Waals surface area contributed by atoms with Crippen LogP contribution in [0.5, 0.6) is 0 Å². The van der Waals surface area contributed by atoms with Gasteiger partial charge in [-0.2, -0.15) is 0 Å². The summed E-state index contributed by atoms with van der Waals surface area (Å²) >= 11 is 5.97. The van der Waals surface area contributed by atoms with Gasteiger partial charge in [0, 0.05) is 24.1 Å². The van der Waals surface area contributed by atoms with Crippen LogP contribution in [0.2, 0.25) is 5.02 Å². The van der Waals surface area contributed by atoms with Gasteiger partial charge in [-0.3, -0.25) is 4.79 Å². The average Bonchev–Trinajstić information content (AvgIpc) is 2.20. The van der Waals surface area contributed by atoms with Gasteiger partial charge in [-0.05, 0) is 19.1 Å². The Morgan fingerprint density at radius 2 is 2.27 bits per heavy atom. The first-order chi connectivity index (χ1) is 7.15. The van der Waals surface area contributed by atoms with E-state index in [0.29, 0.717) is 23.6 Å². The van der Waals surface area contributed by atoms with E-state index in [-0.39, 0.29) is 5.78 Å². The molecule has 0 aliphatic carbocycles. The van der Waals surface area contributed by atoms with E-state index in [2.05, 4.69) is 11.8 Å². The standard InChI is InChI=1S/C12H12ClNO/c1-9(15)11-6-5-10(12(13)8-11)4-2-3-7-14/h5-6,8H,3,7,14H2,1H3. The third-order valence-electron chi connectivity index (χ3n) is 1.87. The highest BCUT2D eigenvalue weighted by Crippen LogP contribution is 2.17. The second-order valence-corrected chi connectivity index (χ2v) is 3.50. The van der Waals surface area contributed by atoms with Crippen LogP contribution in [0.15, 0.2) is 18.2 Å². The number of Topliss-reactive ketones (excluding diaryl/α,β-unsaturated/α-hetero) is 1. The zero-order valence-corrected chi connectivity index (χ0v) is 9.27. The molecule has 1 aromatic rings. The lowest BCUT2D eigenvalue weighted by Gasteiger charge is -1.98. The lowest BCUT2D eigenvalue weighted by molar-refractivity contribution is 0.101. The summed E-state index contributed by atoms with van der Waals surface area (Å²) in [5.74, 6) is 5.80. The van der Waals surface area contributed by atoms with Crippen LogP contribution < -0.4 is 5.73 Å². The predicted octanol–water partition coefficient (Wildman–Crippen LogP) is 2.24. The second kappa shape index (κ2) is 5.55. The maximum Gasteiger partial charge on any atom is 0.159 e. The molecule has 15 heavy (non-hydrogen) atoms. The molecule has 0 fully saturated rings. The summed E-state index contributed by atoms with van der Waals surface area (Å²) in [6.07, 6.45) is 0.644. The zero-order chi connectivity index (χ0) is 11.3. The van der Waals surface area contributed by atoms with Crippen molar-refractivity contribution in [3.05, 3.63) is 34.3 Å². The molecule has 0 unspecified atom stereocenters. The largest absolute Gasteiger partial charge is 0.330 e. The highest BCUT2D eigenvalue weighted by atomic mass is 35.5. The summed E-state index contributed by atoms with van der Waals surface area (Å²) in [7, 11) is 0. The van der Waals surface area contributed by atoms with Crippen LogP contribution in [-0.4, -0.2) is 12.3 Å². The van der Waals surface area contributed by atoms with Crippen molar-refractivity contribution in [3.8, 4) is 11.8 Å². The lowest BCUT2D eigenvalue weighted by atomic mass is 10.1. The smallest absolute Gasteiger partial charge is 0.159 e. The summed E-state index contributed by atoms with van der Waals surface area (Å²) in [6.45, 7) is 2.04. The number of nitrogens with two attached hydrogens (primary N) is 1. The molecule has 0 spiro atoms. The molecule has 0 aliphatic rings. The molecule has 0 saturated carbocycles. The van der Waals surface area contributed by atoms with E-state index in [4.69, 9.17) is 17.3 Å². The van der Waals surface area contributed by atoms with Crippen LogP contribution in [-0.2, 0) is 0 Å². The van der Waals surface area contributed by atoms with E-state index in [1.165, 1.54) is 6.92 Å². The fourth-order valence-corrected chi connectivity index (χ4v) is 1.29. The minimum absolute atomic E-state index is 0.00151. The van der Waals surface area contributed by atoms with Crippen molar-refractivity contribution in [3.63, 3.8) is 0 Å². The van der Waals surface area contributed by atoms with E-state index in [1.807, 2.05) is 0 Å². The molecule has 0 bridgehead atoms. The Morgan fingerprint density at radius 3 is 2.80 bits per heavy atom. The minimum Gasteiger partial charge on any atom is -0.330 e. The maximum atomic E-state index is 11.1. The first kappa shape index (κ1) is 11.8. The summed E-state index contributed by atoms with van der Waals surface area (Å²) < 4.78 is 0. The number of hydrogen-bond donors (Lipinski definition) is 1. The Morgan fingerprint density at radius 1 is 1.53 bits per heavy atom. The highest BCUT2D eigenvalue weighted by Gasteiger charge is 2.02. The number of rotatable bonds is 2. The maximum absolute atomic E-state index is 11.1. The van der Waals surface area contributed by atoms with Gasteiger partial charge in [-0.25, -0.2) is 0 Å². The van der Waals surface area contributed by atoms with Gasteiger partial charge in [0.1, 0.15) is 0 Å². The number of benzene rings is 1. The Balaban J connectivity index is 2.95. The fourth-order valence-electron chi connectivity index (χ4n) is 1.07. The normalized spacial score (nSPS) is 9.27. The van der Waals surface area contributed by atoms with Crippen molar-refractivity contribution >= 4 is 17.4 Å². The molecule has 0 radical (unpaired) electrons. The van der Waals surface area contributed by atoms with Gasteiger partial charge in [0.05, 0.1) is 5.02 Å². The van der Waals surface area contributed by atoms with Gasteiger partial charge >= 0.3 is 0 Å². The van der Waals surface area contributed by atoms with Gasteiger partial charge in [-0.15, -0.1) is 0 Å². The summed E-state index contributed by atoms with van der Waals surface area (Å²) in [6, 6.07) is 5.11. The summed E-state index contributed by atoms with van der Waals surface area (Å²) in [4.78, 5) is 11.1. The predicted molar refractivity (Wildman–Crippen MR) is 62.0 cm³/mol. The molecular formula is C12H12ClNO. The Bertz CT molecular complexity index is 429. The van der Waals surface area contributed by atoms with Crippen molar-refractivity contribution in [2.45, 2.75) is 13.3 Å². The van der Waals surface area contributed by atoms with E-state index >= 15 is 0 Å². The molecule has 2 nitrogen and oxygen atoms in total. The number of halogens is 1. The van der Waals surface area contributed by atoms with Gasteiger partial charge in [0.2, 0.25) is 0 Å². The molecule has 0 aliphatic heterocycles. The van der Waals surface area contributed by atoms with Gasteiger partial charge in [0.25, 0.3) is 0 Å². The van der Waals surface area contributed by atoms with Crippen molar-refractivity contribution in [1.29, 1.82) is 0 Å². The molecule has 0 amide bonds. The van der Waals surface area contributed by atoms with Crippen LogP contribution in [0.1, 0.15) is 29.3 Å². The van der Waals surface area contributed by atoms with Crippen molar-refractivity contribution in [2.75, 3.05) is 6.54 Å². The van der Waals surface area contributed by atoms with E-state index in [0.717, 1.165) is 5.56 Å². The number of hydrogen-bond acceptors (Lipinski definition) is 2. The van der Waals surface area contributed by atoms with Gasteiger partial charge in [-0.1, -0.05) is 29.5 Å². The molecular weight excluding hydrogens is 210 g/mol. The van der Waals surface area contributed by atoms with Crippen molar-refractivity contribution in [2.24, 2.45) is 5.73 Å². The minimum atomic E-state index is -0.00151. The number of carbonyl (C=O) groups excluding carboxylic acids is 1. The second-order valence-electron chi connectivity index (χ2n) is 3.09. The van der Waals surface area contributed by atoms with Crippen LogP contribution >= 0.6 is 11.6 Å². The number of carbonyl (C=O) groups is 1. The monoisotopic (exact) mass is 221 g/mol. The quantitative estimate of drug-likeness (QED) is 0.615. The Kier molecular flexibility index (Phi) is 4.36. The fraction of sp³-hybridized carbons (Fsp3) is 0.250. The van der Waals surface area contributed by atoms with Crippen LogP contribution in [0.4, 0.5) is 0 Å². The summed E-state index contributed by atoms with van der Waals surface area (Å²) in [5, 5.41) is 0.507. The molecule has 0 atom stereocenters. The molecule has 1 aromatic carbocycles. The third-order valence-corrected chi connectivity index (χ3v) is 2.18. The third kappa shape index (κ3) is 3.39. The van der Waals surface area contributed by atoms with Gasteiger partial charge < -0.3 is 5.73 Å². The molecule has 3 heteroatoms. The SMILES string of the molecule is CC(=O)c1ccc(C#CCCN)c(Cl)c1. The average molecular weight is 222 g/mol.